The minimum atomic E-state index is 0.454. The van der Waals surface area contributed by atoms with Crippen LogP contribution >= 0.6 is 31.9 Å². The number of rotatable bonds is 3. The molecule has 0 aliphatic rings. The number of hydrogen-bond donors (Lipinski definition) is 0. The van der Waals surface area contributed by atoms with Crippen LogP contribution in [0, 0.1) is 0 Å². The van der Waals surface area contributed by atoms with Gasteiger partial charge < -0.3 is 0 Å². The molecular weight excluding hydrogens is 344 g/mol. The Kier molecular flexibility index (Phi) is 4.05. The lowest BCUT2D eigenvalue weighted by Gasteiger charge is -2.08. The smallest absolute Gasteiger partial charge is 0.0697 e. The lowest BCUT2D eigenvalue weighted by molar-refractivity contribution is 0.766. The Labute approximate surface area is 118 Å². The summed E-state index contributed by atoms with van der Waals surface area (Å²) in [6, 6.07) is 8.31. The number of alkyl halides is 1. The van der Waals surface area contributed by atoms with Gasteiger partial charge in [0.25, 0.3) is 0 Å². The summed E-state index contributed by atoms with van der Waals surface area (Å²) in [5.74, 6) is 0.454. The van der Waals surface area contributed by atoms with E-state index in [1.807, 2.05) is 16.9 Å². The molecule has 0 N–H and O–H groups in total. The third kappa shape index (κ3) is 2.80. The van der Waals surface area contributed by atoms with E-state index in [4.69, 9.17) is 0 Å². The zero-order valence-corrected chi connectivity index (χ0v) is 13.0. The van der Waals surface area contributed by atoms with Crippen LogP contribution in [0.2, 0.25) is 0 Å². The monoisotopic (exact) mass is 356 g/mol. The normalized spacial score (nSPS) is 11.1. The molecule has 0 aliphatic carbocycles. The summed E-state index contributed by atoms with van der Waals surface area (Å²) in [6.07, 6.45) is 2.02. The zero-order chi connectivity index (χ0) is 12.4. The van der Waals surface area contributed by atoms with Gasteiger partial charge >= 0.3 is 0 Å². The molecule has 2 nitrogen and oxygen atoms in total. The Morgan fingerprint density at radius 3 is 2.65 bits per heavy atom. The van der Waals surface area contributed by atoms with Crippen molar-refractivity contribution in [3.05, 3.63) is 46.2 Å². The quantitative estimate of drug-likeness (QED) is 0.731. The van der Waals surface area contributed by atoms with Gasteiger partial charge in [0.2, 0.25) is 0 Å². The van der Waals surface area contributed by atoms with Crippen molar-refractivity contribution in [2.24, 2.45) is 0 Å². The van der Waals surface area contributed by atoms with E-state index in [2.05, 4.69) is 69.0 Å². The largest absolute Gasteiger partial charge is 0.240 e. The van der Waals surface area contributed by atoms with Crippen LogP contribution in [0.3, 0.4) is 0 Å². The maximum absolute atomic E-state index is 4.60. The minimum absolute atomic E-state index is 0.454. The zero-order valence-electron chi connectivity index (χ0n) is 9.82. The van der Waals surface area contributed by atoms with Gasteiger partial charge in [-0.3, -0.25) is 0 Å². The van der Waals surface area contributed by atoms with Crippen LogP contribution in [0.25, 0.3) is 5.69 Å². The Bertz CT molecular complexity index is 518. The van der Waals surface area contributed by atoms with E-state index in [1.54, 1.807) is 0 Å². The lowest BCUT2D eigenvalue weighted by Crippen LogP contribution is -2.00. The van der Waals surface area contributed by atoms with Crippen molar-refractivity contribution in [3.8, 4) is 5.69 Å². The first-order valence-electron chi connectivity index (χ1n) is 5.52. The van der Waals surface area contributed by atoms with E-state index < -0.39 is 0 Å². The molecule has 4 heteroatoms. The highest BCUT2D eigenvalue weighted by atomic mass is 79.9. The first-order valence-corrected chi connectivity index (χ1v) is 7.43. The molecule has 90 valence electrons. The number of halogens is 2. The average molecular weight is 358 g/mol. The summed E-state index contributed by atoms with van der Waals surface area (Å²) in [6.45, 7) is 4.30. The van der Waals surface area contributed by atoms with Gasteiger partial charge in [-0.05, 0) is 29.7 Å². The summed E-state index contributed by atoms with van der Waals surface area (Å²) in [5, 5.41) is 5.43. The van der Waals surface area contributed by atoms with E-state index >= 15 is 0 Å². The van der Waals surface area contributed by atoms with Gasteiger partial charge in [0, 0.05) is 16.0 Å². The number of aromatic nitrogens is 2. The van der Waals surface area contributed by atoms with Gasteiger partial charge in [0.05, 0.1) is 11.4 Å². The van der Waals surface area contributed by atoms with Crippen LogP contribution in [0.4, 0.5) is 0 Å². The average Bonchev–Trinajstić information content (AvgIpc) is 2.78. The molecule has 2 rings (SSSR count). The molecule has 17 heavy (non-hydrogen) atoms. The number of nitrogens with zero attached hydrogens (tertiary/aromatic N) is 2. The molecule has 0 unspecified atom stereocenters. The molecule has 0 saturated heterocycles. The summed E-state index contributed by atoms with van der Waals surface area (Å²) in [7, 11) is 0. The SMILES string of the molecule is CC(C)c1ccn(-c2cc(Br)ccc2CBr)n1. The summed E-state index contributed by atoms with van der Waals surface area (Å²) < 4.78 is 3.01. The maximum atomic E-state index is 4.60. The van der Waals surface area contributed by atoms with Crippen LogP contribution in [0.15, 0.2) is 34.9 Å². The van der Waals surface area contributed by atoms with E-state index in [0.29, 0.717) is 5.92 Å². The first kappa shape index (κ1) is 12.8. The summed E-state index contributed by atoms with van der Waals surface area (Å²) in [5.41, 5.74) is 3.46. The molecule has 0 fully saturated rings. The summed E-state index contributed by atoms with van der Waals surface area (Å²) >= 11 is 7.01. The number of benzene rings is 1. The van der Waals surface area contributed by atoms with Crippen LogP contribution in [-0.4, -0.2) is 9.78 Å². The van der Waals surface area contributed by atoms with E-state index in [0.717, 1.165) is 21.2 Å². The van der Waals surface area contributed by atoms with Gasteiger partial charge in [-0.1, -0.05) is 51.8 Å². The van der Waals surface area contributed by atoms with E-state index in [-0.39, 0.29) is 0 Å². The van der Waals surface area contributed by atoms with Crippen LogP contribution in [0.5, 0.6) is 0 Å². The maximum Gasteiger partial charge on any atom is 0.0697 e. The van der Waals surface area contributed by atoms with E-state index in [9.17, 15) is 0 Å². The summed E-state index contributed by atoms with van der Waals surface area (Å²) in [4.78, 5) is 0. The van der Waals surface area contributed by atoms with Gasteiger partial charge in [-0.15, -0.1) is 0 Å². The number of hydrogen-bond acceptors (Lipinski definition) is 1. The second-order valence-corrected chi connectivity index (χ2v) is 5.72. The van der Waals surface area contributed by atoms with Gasteiger partial charge in [0.1, 0.15) is 0 Å². The third-order valence-electron chi connectivity index (χ3n) is 2.64. The highest BCUT2D eigenvalue weighted by molar-refractivity contribution is 9.10. The highest BCUT2D eigenvalue weighted by Crippen LogP contribution is 2.23. The minimum Gasteiger partial charge on any atom is -0.240 e. The molecule has 0 amide bonds. The topological polar surface area (TPSA) is 17.8 Å². The third-order valence-corrected chi connectivity index (χ3v) is 3.74. The van der Waals surface area contributed by atoms with Gasteiger partial charge in [-0.25, -0.2) is 4.68 Å². The van der Waals surface area contributed by atoms with Crippen molar-refractivity contribution in [1.29, 1.82) is 0 Å². The molecule has 1 aromatic heterocycles. The van der Waals surface area contributed by atoms with Crippen LogP contribution < -0.4 is 0 Å². The fourth-order valence-electron chi connectivity index (χ4n) is 1.64. The predicted octanol–water partition coefficient (Wildman–Crippen LogP) is 4.65. The van der Waals surface area contributed by atoms with Crippen LogP contribution in [0.1, 0.15) is 31.0 Å². The molecule has 0 saturated carbocycles. The van der Waals surface area contributed by atoms with Crippen molar-refractivity contribution in [3.63, 3.8) is 0 Å². The molecule has 1 aromatic carbocycles. The second kappa shape index (κ2) is 5.36. The van der Waals surface area contributed by atoms with Crippen LogP contribution in [-0.2, 0) is 5.33 Å². The predicted molar refractivity (Wildman–Crippen MR) is 78.0 cm³/mol. The molecule has 2 aromatic rings. The molecule has 0 spiro atoms. The van der Waals surface area contributed by atoms with Gasteiger partial charge in [0.15, 0.2) is 0 Å². The standard InChI is InChI=1S/C13H14Br2N2/c1-9(2)12-5-6-17(16-12)13-7-11(15)4-3-10(13)8-14/h3-7,9H,8H2,1-2H3. The Morgan fingerprint density at radius 1 is 1.29 bits per heavy atom. The Morgan fingerprint density at radius 2 is 2.06 bits per heavy atom. The Hall–Kier alpha value is -0.610. The molecule has 0 radical (unpaired) electrons. The molecule has 0 bridgehead atoms. The molecule has 0 atom stereocenters. The van der Waals surface area contributed by atoms with E-state index in [1.165, 1.54) is 5.56 Å². The van der Waals surface area contributed by atoms with Crippen molar-refractivity contribution in [2.75, 3.05) is 0 Å². The van der Waals surface area contributed by atoms with Crippen molar-refractivity contribution >= 4 is 31.9 Å². The highest BCUT2D eigenvalue weighted by Gasteiger charge is 2.08. The van der Waals surface area contributed by atoms with Crippen molar-refractivity contribution in [1.82, 2.24) is 9.78 Å². The molecular formula is C13H14Br2N2. The van der Waals surface area contributed by atoms with Crippen molar-refractivity contribution < 1.29 is 0 Å². The lowest BCUT2D eigenvalue weighted by atomic mass is 10.1. The second-order valence-electron chi connectivity index (χ2n) is 4.25. The Balaban J connectivity index is 2.47. The molecule has 0 aliphatic heterocycles. The fourth-order valence-corrected chi connectivity index (χ4v) is 2.47. The van der Waals surface area contributed by atoms with Gasteiger partial charge in [-0.2, -0.15) is 5.10 Å². The first-order chi connectivity index (χ1) is 8.11. The fraction of sp³-hybridized carbons (Fsp3) is 0.308. The van der Waals surface area contributed by atoms with Crippen molar-refractivity contribution in [2.45, 2.75) is 25.1 Å². The molecule has 1 heterocycles.